The highest BCUT2D eigenvalue weighted by molar-refractivity contribution is 5.62. The molecule has 0 atom stereocenters. The summed E-state index contributed by atoms with van der Waals surface area (Å²) in [5.74, 6) is 0. The van der Waals surface area contributed by atoms with Crippen molar-refractivity contribution >= 4 is 5.69 Å². The van der Waals surface area contributed by atoms with Crippen molar-refractivity contribution in [1.82, 2.24) is 9.78 Å². The van der Waals surface area contributed by atoms with Crippen LogP contribution < -0.4 is 10.5 Å². The third-order valence-electron chi connectivity index (χ3n) is 5.20. The zero-order valence-electron chi connectivity index (χ0n) is 15.8. The van der Waals surface area contributed by atoms with Gasteiger partial charge in [-0.2, -0.15) is 5.10 Å². The molecule has 1 saturated heterocycles. The van der Waals surface area contributed by atoms with Crippen LogP contribution in [0.5, 0.6) is 0 Å². The van der Waals surface area contributed by atoms with E-state index in [9.17, 15) is 4.79 Å². The minimum Gasteiger partial charge on any atom is -0.372 e. The summed E-state index contributed by atoms with van der Waals surface area (Å²) in [5, 5.41) is 4.59. The van der Waals surface area contributed by atoms with E-state index in [0.717, 1.165) is 29.9 Å². The van der Waals surface area contributed by atoms with Gasteiger partial charge in [-0.3, -0.25) is 4.79 Å². The minimum atomic E-state index is -0.0794. The van der Waals surface area contributed by atoms with Crippen molar-refractivity contribution in [2.45, 2.75) is 32.7 Å². The van der Waals surface area contributed by atoms with Gasteiger partial charge < -0.3 is 4.90 Å². The molecular formula is C23H25N3O. The molecule has 0 aliphatic carbocycles. The smallest absolute Gasteiger partial charge is 0.267 e. The molecule has 0 amide bonds. The predicted molar refractivity (Wildman–Crippen MR) is 110 cm³/mol. The molecule has 2 heterocycles. The molecule has 0 unspecified atom stereocenters. The first-order valence-corrected chi connectivity index (χ1v) is 9.68. The van der Waals surface area contributed by atoms with Gasteiger partial charge in [0.05, 0.1) is 12.2 Å². The average molecular weight is 359 g/mol. The van der Waals surface area contributed by atoms with Crippen LogP contribution >= 0.6 is 0 Å². The highest BCUT2D eigenvalue weighted by Crippen LogP contribution is 2.23. The number of aryl methyl sites for hydroxylation is 1. The van der Waals surface area contributed by atoms with Crippen molar-refractivity contribution in [3.8, 4) is 11.3 Å². The lowest BCUT2D eigenvalue weighted by Gasteiger charge is -2.28. The van der Waals surface area contributed by atoms with Gasteiger partial charge in [0.15, 0.2) is 0 Å². The van der Waals surface area contributed by atoms with E-state index in [1.807, 2.05) is 18.2 Å². The monoisotopic (exact) mass is 359 g/mol. The van der Waals surface area contributed by atoms with Crippen LogP contribution in [-0.4, -0.2) is 22.9 Å². The van der Waals surface area contributed by atoms with Crippen LogP contribution in [0, 0.1) is 6.92 Å². The van der Waals surface area contributed by atoms with E-state index in [2.05, 4.69) is 53.3 Å². The SMILES string of the molecule is Cc1ccc(Cn2nc(-c3ccc(N4CCCCC4)cc3)ccc2=O)cc1. The Morgan fingerprint density at radius 2 is 1.56 bits per heavy atom. The summed E-state index contributed by atoms with van der Waals surface area (Å²) < 4.78 is 1.54. The Balaban J connectivity index is 1.56. The Labute approximate surface area is 160 Å². The van der Waals surface area contributed by atoms with E-state index < -0.39 is 0 Å². The molecule has 4 nitrogen and oxygen atoms in total. The first kappa shape index (κ1) is 17.5. The Hall–Kier alpha value is -2.88. The molecule has 4 heteroatoms. The van der Waals surface area contributed by atoms with Crippen LogP contribution in [0.2, 0.25) is 0 Å². The summed E-state index contributed by atoms with van der Waals surface area (Å²) in [4.78, 5) is 14.7. The summed E-state index contributed by atoms with van der Waals surface area (Å²) in [6.07, 6.45) is 3.88. The van der Waals surface area contributed by atoms with Crippen LogP contribution in [-0.2, 0) is 6.54 Å². The van der Waals surface area contributed by atoms with Gasteiger partial charge in [0.1, 0.15) is 0 Å². The molecule has 1 fully saturated rings. The Kier molecular flexibility index (Phi) is 5.05. The molecule has 0 spiro atoms. The maximum absolute atomic E-state index is 12.2. The van der Waals surface area contributed by atoms with Crippen molar-refractivity contribution in [2.75, 3.05) is 18.0 Å². The lowest BCUT2D eigenvalue weighted by molar-refractivity contribution is 0.578. The third kappa shape index (κ3) is 4.11. The average Bonchev–Trinajstić information content (AvgIpc) is 2.72. The standard InChI is InChI=1S/C23H25N3O/c1-18-5-7-19(8-6-18)17-26-23(27)14-13-22(24-26)20-9-11-21(12-10-20)25-15-3-2-4-16-25/h5-14H,2-4,15-17H2,1H3. The molecule has 27 heavy (non-hydrogen) atoms. The van der Waals surface area contributed by atoms with Gasteiger partial charge in [-0.1, -0.05) is 42.0 Å². The third-order valence-corrected chi connectivity index (χ3v) is 5.20. The molecule has 138 valence electrons. The normalized spacial score (nSPS) is 14.3. The summed E-state index contributed by atoms with van der Waals surface area (Å²) in [7, 11) is 0. The number of benzene rings is 2. The predicted octanol–water partition coefficient (Wildman–Crippen LogP) is 4.26. The number of piperidine rings is 1. The fourth-order valence-corrected chi connectivity index (χ4v) is 3.58. The first-order chi connectivity index (χ1) is 13.2. The zero-order chi connectivity index (χ0) is 18.6. The van der Waals surface area contributed by atoms with E-state index in [-0.39, 0.29) is 5.56 Å². The molecule has 0 saturated carbocycles. The largest absolute Gasteiger partial charge is 0.372 e. The highest BCUT2D eigenvalue weighted by Gasteiger charge is 2.11. The van der Waals surface area contributed by atoms with E-state index in [1.165, 1.54) is 30.5 Å². The quantitative estimate of drug-likeness (QED) is 0.699. The van der Waals surface area contributed by atoms with E-state index >= 15 is 0 Å². The van der Waals surface area contributed by atoms with Gasteiger partial charge in [0, 0.05) is 30.4 Å². The van der Waals surface area contributed by atoms with Crippen molar-refractivity contribution < 1.29 is 0 Å². The number of hydrogen-bond donors (Lipinski definition) is 0. The highest BCUT2D eigenvalue weighted by atomic mass is 16.1. The number of rotatable bonds is 4. The van der Waals surface area contributed by atoms with Gasteiger partial charge in [-0.05, 0) is 49.9 Å². The van der Waals surface area contributed by atoms with Gasteiger partial charge >= 0.3 is 0 Å². The van der Waals surface area contributed by atoms with Gasteiger partial charge in [0.25, 0.3) is 5.56 Å². The fraction of sp³-hybridized carbons (Fsp3) is 0.304. The van der Waals surface area contributed by atoms with Gasteiger partial charge in [-0.15, -0.1) is 0 Å². The Morgan fingerprint density at radius 3 is 2.26 bits per heavy atom. The van der Waals surface area contributed by atoms with Crippen molar-refractivity contribution in [1.29, 1.82) is 0 Å². The molecule has 3 aromatic rings. The Bertz CT molecular complexity index is 952. The summed E-state index contributed by atoms with van der Waals surface area (Å²) >= 11 is 0. The van der Waals surface area contributed by atoms with Crippen LogP contribution in [0.3, 0.4) is 0 Å². The van der Waals surface area contributed by atoms with Gasteiger partial charge in [0.2, 0.25) is 0 Å². The van der Waals surface area contributed by atoms with E-state index in [0.29, 0.717) is 6.54 Å². The summed E-state index contributed by atoms with van der Waals surface area (Å²) in [6.45, 7) is 4.82. The van der Waals surface area contributed by atoms with Crippen molar-refractivity contribution in [3.05, 3.63) is 82.1 Å². The number of anilines is 1. The second kappa shape index (κ2) is 7.78. The molecule has 0 N–H and O–H groups in total. The molecule has 1 aliphatic rings. The second-order valence-corrected chi connectivity index (χ2v) is 7.29. The maximum atomic E-state index is 12.2. The minimum absolute atomic E-state index is 0.0794. The summed E-state index contributed by atoms with van der Waals surface area (Å²) in [6, 6.07) is 20.2. The molecular weight excluding hydrogens is 334 g/mol. The second-order valence-electron chi connectivity index (χ2n) is 7.29. The van der Waals surface area contributed by atoms with Crippen LogP contribution in [0.1, 0.15) is 30.4 Å². The lowest BCUT2D eigenvalue weighted by Crippen LogP contribution is -2.29. The van der Waals surface area contributed by atoms with Crippen LogP contribution in [0.4, 0.5) is 5.69 Å². The molecule has 1 aromatic heterocycles. The van der Waals surface area contributed by atoms with E-state index in [4.69, 9.17) is 0 Å². The first-order valence-electron chi connectivity index (χ1n) is 9.68. The van der Waals surface area contributed by atoms with Crippen LogP contribution in [0.15, 0.2) is 65.5 Å². The summed E-state index contributed by atoms with van der Waals surface area (Å²) in [5.41, 5.74) is 5.34. The number of hydrogen-bond acceptors (Lipinski definition) is 3. The van der Waals surface area contributed by atoms with Crippen molar-refractivity contribution in [2.24, 2.45) is 0 Å². The van der Waals surface area contributed by atoms with Crippen molar-refractivity contribution in [3.63, 3.8) is 0 Å². The maximum Gasteiger partial charge on any atom is 0.267 e. The number of nitrogens with zero attached hydrogens (tertiary/aromatic N) is 3. The topological polar surface area (TPSA) is 38.1 Å². The molecule has 1 aliphatic heterocycles. The van der Waals surface area contributed by atoms with E-state index in [1.54, 1.807) is 10.7 Å². The molecule has 0 radical (unpaired) electrons. The molecule has 2 aromatic carbocycles. The lowest BCUT2D eigenvalue weighted by atomic mass is 10.1. The van der Waals surface area contributed by atoms with Gasteiger partial charge in [-0.25, -0.2) is 4.68 Å². The zero-order valence-corrected chi connectivity index (χ0v) is 15.8. The molecule has 0 bridgehead atoms. The Morgan fingerprint density at radius 1 is 0.852 bits per heavy atom. The fourth-order valence-electron chi connectivity index (χ4n) is 3.58. The molecule has 4 rings (SSSR count). The number of aromatic nitrogens is 2. The van der Waals surface area contributed by atoms with Crippen LogP contribution in [0.25, 0.3) is 11.3 Å².